The van der Waals surface area contributed by atoms with Crippen molar-refractivity contribution in [3.8, 4) is 11.3 Å². The van der Waals surface area contributed by atoms with Gasteiger partial charge in [0, 0.05) is 11.1 Å². The molecule has 2 aromatic carbocycles. The zero-order chi connectivity index (χ0) is 19.5. The van der Waals surface area contributed by atoms with Gasteiger partial charge in [0.25, 0.3) is 0 Å². The Morgan fingerprint density at radius 1 is 1.04 bits per heavy atom. The minimum atomic E-state index is -0.607. The third-order valence-electron chi connectivity index (χ3n) is 5.12. The lowest BCUT2D eigenvalue weighted by atomic mass is 9.90. The van der Waals surface area contributed by atoms with E-state index in [4.69, 9.17) is 9.26 Å². The van der Waals surface area contributed by atoms with Gasteiger partial charge in [0.2, 0.25) is 0 Å². The van der Waals surface area contributed by atoms with Crippen LogP contribution in [-0.4, -0.2) is 23.5 Å². The summed E-state index contributed by atoms with van der Waals surface area (Å²) in [4.78, 5) is 25.1. The number of rotatable bonds is 5. The quantitative estimate of drug-likeness (QED) is 0.483. The number of nitrogens with zero attached hydrogens (tertiary/aromatic N) is 1. The standard InChI is InChI=1S/C23H21NO4/c1-15-21(22(24-28-15)17-8-3-2-4-9-17)23(26)27-14-20(25)19-12-11-16-7-5-6-10-18(16)13-19/h2-4,8-9,11-13H,5-7,10,14H2,1H3. The summed E-state index contributed by atoms with van der Waals surface area (Å²) >= 11 is 0. The molecule has 5 nitrogen and oxygen atoms in total. The minimum absolute atomic E-state index is 0.211. The van der Waals surface area contributed by atoms with Crippen LogP contribution in [0.2, 0.25) is 0 Å². The first-order valence-electron chi connectivity index (χ1n) is 9.47. The number of hydrogen-bond acceptors (Lipinski definition) is 5. The summed E-state index contributed by atoms with van der Waals surface area (Å²) in [6.07, 6.45) is 4.40. The molecule has 0 spiro atoms. The summed E-state index contributed by atoms with van der Waals surface area (Å²) in [6.45, 7) is 1.35. The second-order valence-electron chi connectivity index (χ2n) is 7.02. The molecular weight excluding hydrogens is 354 g/mol. The second kappa shape index (κ2) is 7.80. The molecule has 0 fully saturated rings. The van der Waals surface area contributed by atoms with Crippen molar-refractivity contribution in [3.63, 3.8) is 0 Å². The maximum Gasteiger partial charge on any atom is 0.344 e. The Bertz CT molecular complexity index is 1020. The molecule has 1 aromatic heterocycles. The Hall–Kier alpha value is -3.21. The van der Waals surface area contributed by atoms with Gasteiger partial charge >= 0.3 is 5.97 Å². The lowest BCUT2D eigenvalue weighted by Gasteiger charge is -2.16. The molecule has 0 atom stereocenters. The fourth-order valence-electron chi connectivity index (χ4n) is 3.60. The number of carbonyl (C=O) groups is 2. The van der Waals surface area contributed by atoms with Crippen molar-refractivity contribution < 1.29 is 18.8 Å². The maximum absolute atomic E-state index is 12.6. The van der Waals surface area contributed by atoms with E-state index in [1.165, 1.54) is 17.5 Å². The van der Waals surface area contributed by atoms with Gasteiger partial charge in [0.05, 0.1) is 0 Å². The molecule has 1 aliphatic carbocycles. The molecule has 0 N–H and O–H groups in total. The van der Waals surface area contributed by atoms with Crippen LogP contribution in [0.15, 0.2) is 53.1 Å². The number of esters is 1. The molecule has 3 aromatic rings. The van der Waals surface area contributed by atoms with Gasteiger partial charge in [0.1, 0.15) is 17.0 Å². The van der Waals surface area contributed by atoms with Crippen LogP contribution in [0.1, 0.15) is 50.4 Å². The predicted octanol–water partition coefficient (Wildman–Crippen LogP) is 4.57. The Kier molecular flexibility index (Phi) is 5.06. The summed E-state index contributed by atoms with van der Waals surface area (Å²) in [6, 6.07) is 15.0. The van der Waals surface area contributed by atoms with Gasteiger partial charge in [-0.25, -0.2) is 4.79 Å². The van der Waals surface area contributed by atoms with E-state index in [9.17, 15) is 9.59 Å². The predicted molar refractivity (Wildman–Crippen MR) is 104 cm³/mol. The molecule has 1 aliphatic rings. The number of fused-ring (bicyclic) bond motifs is 1. The largest absolute Gasteiger partial charge is 0.454 e. The third kappa shape index (κ3) is 3.60. The number of hydrogen-bond donors (Lipinski definition) is 0. The molecule has 0 saturated carbocycles. The minimum Gasteiger partial charge on any atom is -0.454 e. The fourth-order valence-corrected chi connectivity index (χ4v) is 3.60. The van der Waals surface area contributed by atoms with E-state index in [-0.39, 0.29) is 18.0 Å². The summed E-state index contributed by atoms with van der Waals surface area (Å²) in [5.41, 5.74) is 4.55. The average Bonchev–Trinajstić information content (AvgIpc) is 3.13. The number of carbonyl (C=O) groups excluding carboxylic acids is 2. The number of ketones is 1. The maximum atomic E-state index is 12.6. The molecule has 0 amide bonds. The molecule has 142 valence electrons. The van der Waals surface area contributed by atoms with Crippen LogP contribution < -0.4 is 0 Å². The molecule has 0 aliphatic heterocycles. The third-order valence-corrected chi connectivity index (χ3v) is 5.12. The number of ether oxygens (including phenoxy) is 1. The molecule has 0 radical (unpaired) electrons. The van der Waals surface area contributed by atoms with Crippen molar-refractivity contribution >= 4 is 11.8 Å². The molecule has 5 heteroatoms. The van der Waals surface area contributed by atoms with Crippen molar-refractivity contribution in [3.05, 3.63) is 76.5 Å². The van der Waals surface area contributed by atoms with Gasteiger partial charge in [-0.05, 0) is 49.8 Å². The summed E-state index contributed by atoms with van der Waals surface area (Å²) in [5.74, 6) is -0.453. The fraction of sp³-hybridized carbons (Fsp3) is 0.261. The highest BCUT2D eigenvalue weighted by Crippen LogP contribution is 2.26. The molecule has 28 heavy (non-hydrogen) atoms. The number of benzene rings is 2. The SMILES string of the molecule is Cc1onc(-c2ccccc2)c1C(=O)OCC(=O)c1ccc2c(c1)CCCC2. The first-order valence-corrected chi connectivity index (χ1v) is 9.47. The summed E-state index contributed by atoms with van der Waals surface area (Å²) in [7, 11) is 0. The highest BCUT2D eigenvalue weighted by atomic mass is 16.5. The normalized spacial score (nSPS) is 13.0. The Labute approximate surface area is 163 Å². The topological polar surface area (TPSA) is 69.4 Å². The molecule has 1 heterocycles. The Morgan fingerprint density at radius 3 is 2.57 bits per heavy atom. The van der Waals surface area contributed by atoms with Crippen LogP contribution in [0.25, 0.3) is 11.3 Å². The molecule has 0 bridgehead atoms. The first-order chi connectivity index (χ1) is 13.6. The second-order valence-corrected chi connectivity index (χ2v) is 7.02. The molecular formula is C23H21NO4. The van der Waals surface area contributed by atoms with E-state index in [2.05, 4.69) is 5.16 Å². The highest BCUT2D eigenvalue weighted by molar-refractivity contribution is 6.01. The van der Waals surface area contributed by atoms with Crippen LogP contribution >= 0.6 is 0 Å². The van der Waals surface area contributed by atoms with Gasteiger partial charge in [-0.1, -0.05) is 47.6 Å². The number of aromatic nitrogens is 1. The monoisotopic (exact) mass is 375 g/mol. The van der Waals surface area contributed by atoms with E-state index < -0.39 is 5.97 Å². The van der Waals surface area contributed by atoms with Crippen molar-refractivity contribution in [2.75, 3.05) is 6.61 Å². The van der Waals surface area contributed by atoms with Crippen molar-refractivity contribution in [1.82, 2.24) is 5.16 Å². The zero-order valence-corrected chi connectivity index (χ0v) is 15.7. The van der Waals surface area contributed by atoms with E-state index in [1.807, 2.05) is 48.5 Å². The van der Waals surface area contributed by atoms with Crippen molar-refractivity contribution in [1.29, 1.82) is 0 Å². The van der Waals surface area contributed by atoms with Gasteiger partial charge < -0.3 is 9.26 Å². The first kappa shape index (κ1) is 18.2. The summed E-state index contributed by atoms with van der Waals surface area (Å²) < 4.78 is 10.5. The Balaban J connectivity index is 1.48. The Morgan fingerprint density at radius 2 is 1.79 bits per heavy atom. The lowest BCUT2D eigenvalue weighted by Crippen LogP contribution is -2.16. The number of aryl methyl sites for hydroxylation is 3. The van der Waals surface area contributed by atoms with E-state index >= 15 is 0 Å². The highest BCUT2D eigenvalue weighted by Gasteiger charge is 2.24. The van der Waals surface area contributed by atoms with Gasteiger partial charge in [0.15, 0.2) is 12.4 Å². The smallest absolute Gasteiger partial charge is 0.344 e. The van der Waals surface area contributed by atoms with Crippen LogP contribution in [0.4, 0.5) is 0 Å². The zero-order valence-electron chi connectivity index (χ0n) is 15.7. The summed E-state index contributed by atoms with van der Waals surface area (Å²) in [5, 5.41) is 3.98. The van der Waals surface area contributed by atoms with Gasteiger partial charge in [-0.2, -0.15) is 0 Å². The van der Waals surface area contributed by atoms with Gasteiger partial charge in [-0.3, -0.25) is 4.79 Å². The molecule has 0 unspecified atom stereocenters. The molecule has 0 saturated heterocycles. The lowest BCUT2D eigenvalue weighted by molar-refractivity contribution is 0.0473. The average molecular weight is 375 g/mol. The van der Waals surface area contributed by atoms with E-state index in [0.29, 0.717) is 17.0 Å². The van der Waals surface area contributed by atoms with E-state index in [0.717, 1.165) is 24.8 Å². The van der Waals surface area contributed by atoms with Crippen LogP contribution in [0.3, 0.4) is 0 Å². The van der Waals surface area contributed by atoms with Crippen LogP contribution in [0, 0.1) is 6.92 Å². The van der Waals surface area contributed by atoms with Crippen LogP contribution in [-0.2, 0) is 17.6 Å². The van der Waals surface area contributed by atoms with Crippen LogP contribution in [0.5, 0.6) is 0 Å². The van der Waals surface area contributed by atoms with Gasteiger partial charge in [-0.15, -0.1) is 0 Å². The van der Waals surface area contributed by atoms with E-state index in [1.54, 1.807) is 6.92 Å². The van der Waals surface area contributed by atoms with Crippen molar-refractivity contribution in [2.24, 2.45) is 0 Å². The number of Topliss-reactive ketones (excluding diaryl/α,β-unsaturated/α-hetero) is 1. The molecule has 4 rings (SSSR count). The van der Waals surface area contributed by atoms with Crippen molar-refractivity contribution in [2.45, 2.75) is 32.6 Å².